The van der Waals surface area contributed by atoms with Gasteiger partial charge in [0.25, 0.3) is 5.91 Å². The first-order valence-corrected chi connectivity index (χ1v) is 10.5. The second-order valence-electron chi connectivity index (χ2n) is 6.76. The molecule has 0 unspecified atom stereocenters. The quantitative estimate of drug-likeness (QED) is 0.474. The van der Waals surface area contributed by atoms with Crippen LogP contribution in [0.1, 0.15) is 22.8 Å². The summed E-state index contributed by atoms with van der Waals surface area (Å²) in [6.45, 7) is 2.48. The molecule has 0 aliphatic heterocycles. The maximum Gasteiger partial charge on any atom is 0.254 e. The Balaban J connectivity index is 1.60. The van der Waals surface area contributed by atoms with Gasteiger partial charge < -0.3 is 15.0 Å². The Labute approximate surface area is 191 Å². The van der Waals surface area contributed by atoms with Crippen LogP contribution in [0.2, 0.25) is 10.0 Å². The highest BCUT2D eigenvalue weighted by Gasteiger charge is 2.18. The van der Waals surface area contributed by atoms with E-state index in [2.05, 4.69) is 5.32 Å². The van der Waals surface area contributed by atoms with E-state index < -0.39 is 0 Å². The van der Waals surface area contributed by atoms with Crippen molar-refractivity contribution in [2.45, 2.75) is 13.5 Å². The number of hydrogen-bond acceptors (Lipinski definition) is 3. The molecule has 31 heavy (non-hydrogen) atoms. The number of benzene rings is 3. The minimum atomic E-state index is -0.377. The second-order valence-corrected chi connectivity index (χ2v) is 7.58. The first-order valence-electron chi connectivity index (χ1n) is 9.78. The minimum absolute atomic E-state index is 0.115. The molecule has 0 saturated carbocycles. The molecule has 0 fully saturated rings. The zero-order valence-electron chi connectivity index (χ0n) is 17.0. The van der Waals surface area contributed by atoms with Crippen LogP contribution in [0.5, 0.6) is 5.75 Å². The number of nitrogens with zero attached hydrogens (tertiary/aromatic N) is 1. The van der Waals surface area contributed by atoms with Crippen molar-refractivity contribution in [3.05, 3.63) is 94.0 Å². The van der Waals surface area contributed by atoms with Gasteiger partial charge in [0.2, 0.25) is 5.91 Å². The number of amides is 2. The summed E-state index contributed by atoms with van der Waals surface area (Å²) in [4.78, 5) is 26.8. The van der Waals surface area contributed by atoms with Crippen molar-refractivity contribution < 1.29 is 14.3 Å². The Bertz CT molecular complexity index is 1020. The summed E-state index contributed by atoms with van der Waals surface area (Å²) >= 11 is 12.2. The van der Waals surface area contributed by atoms with Gasteiger partial charge in [0, 0.05) is 12.1 Å². The zero-order chi connectivity index (χ0) is 22.2. The van der Waals surface area contributed by atoms with Crippen molar-refractivity contribution in [2.75, 3.05) is 18.4 Å². The zero-order valence-corrected chi connectivity index (χ0v) is 18.5. The molecule has 3 rings (SSSR count). The van der Waals surface area contributed by atoms with Crippen molar-refractivity contribution in [3.8, 4) is 5.75 Å². The third kappa shape index (κ3) is 6.23. The van der Waals surface area contributed by atoms with Gasteiger partial charge in [-0.15, -0.1) is 0 Å². The van der Waals surface area contributed by atoms with E-state index in [1.54, 1.807) is 30.3 Å². The Morgan fingerprint density at radius 1 is 0.903 bits per heavy atom. The summed E-state index contributed by atoms with van der Waals surface area (Å²) in [7, 11) is 0. The van der Waals surface area contributed by atoms with Crippen LogP contribution in [0.3, 0.4) is 0 Å². The van der Waals surface area contributed by atoms with Crippen molar-refractivity contribution >= 4 is 40.7 Å². The minimum Gasteiger partial charge on any atom is -0.489 e. The molecule has 0 heterocycles. The molecule has 0 atom stereocenters. The highest BCUT2D eigenvalue weighted by molar-refractivity contribution is 6.39. The molecule has 0 aliphatic rings. The monoisotopic (exact) mass is 456 g/mol. The van der Waals surface area contributed by atoms with Crippen LogP contribution in [0.25, 0.3) is 0 Å². The smallest absolute Gasteiger partial charge is 0.254 e. The lowest BCUT2D eigenvalue weighted by Crippen LogP contribution is -2.38. The molecule has 0 bridgehead atoms. The Morgan fingerprint density at radius 3 is 2.16 bits per heavy atom. The number of ether oxygens (including phenoxy) is 1. The fourth-order valence-electron chi connectivity index (χ4n) is 2.91. The lowest BCUT2D eigenvalue weighted by Gasteiger charge is -2.21. The molecule has 2 amide bonds. The predicted molar refractivity (Wildman–Crippen MR) is 124 cm³/mol. The standard InChI is InChI=1S/C24H22Cl2N2O3/c1-2-28(15-22(29)27-23-20(25)9-6-10-21(23)26)24(30)18-13-11-17(12-14-18)16-31-19-7-4-3-5-8-19/h3-14H,2,15-16H2,1H3,(H,27,29). The maximum atomic E-state index is 12.9. The highest BCUT2D eigenvalue weighted by Crippen LogP contribution is 2.29. The summed E-state index contributed by atoms with van der Waals surface area (Å²) in [5, 5.41) is 3.35. The van der Waals surface area contributed by atoms with Crippen molar-refractivity contribution in [1.82, 2.24) is 4.90 Å². The molecule has 0 saturated heterocycles. The average Bonchev–Trinajstić information content (AvgIpc) is 2.79. The number of rotatable bonds is 8. The SMILES string of the molecule is CCN(CC(=O)Nc1c(Cl)cccc1Cl)C(=O)c1ccc(COc2ccccc2)cc1. The van der Waals surface area contributed by atoms with Crippen molar-refractivity contribution in [3.63, 3.8) is 0 Å². The van der Waals surface area contributed by atoms with Crippen molar-refractivity contribution in [2.24, 2.45) is 0 Å². The van der Waals surface area contributed by atoms with Gasteiger partial charge >= 0.3 is 0 Å². The average molecular weight is 457 g/mol. The molecule has 0 aromatic heterocycles. The summed E-state index contributed by atoms with van der Waals surface area (Å²) in [6, 6.07) is 21.6. The molecule has 7 heteroatoms. The number of likely N-dealkylation sites (N-methyl/N-ethyl adjacent to an activating group) is 1. The predicted octanol–water partition coefficient (Wildman–Crippen LogP) is 5.67. The summed E-state index contributed by atoms with van der Waals surface area (Å²) < 4.78 is 5.72. The van der Waals surface area contributed by atoms with Gasteiger partial charge in [0.05, 0.1) is 15.7 Å². The van der Waals surface area contributed by atoms with Crippen LogP contribution in [-0.2, 0) is 11.4 Å². The van der Waals surface area contributed by atoms with Gasteiger partial charge in [0.1, 0.15) is 18.9 Å². The normalized spacial score (nSPS) is 10.4. The van der Waals surface area contributed by atoms with Crippen LogP contribution in [0, 0.1) is 0 Å². The van der Waals surface area contributed by atoms with Gasteiger partial charge in [-0.25, -0.2) is 0 Å². The molecule has 160 valence electrons. The number of hydrogen-bond donors (Lipinski definition) is 1. The van der Waals surface area contributed by atoms with Crippen LogP contribution in [0.4, 0.5) is 5.69 Å². The van der Waals surface area contributed by atoms with Crippen LogP contribution >= 0.6 is 23.2 Å². The van der Waals surface area contributed by atoms with E-state index in [0.29, 0.717) is 34.4 Å². The fraction of sp³-hybridized carbons (Fsp3) is 0.167. The number of halogens is 2. The van der Waals surface area contributed by atoms with Gasteiger partial charge in [-0.1, -0.05) is 59.6 Å². The third-order valence-electron chi connectivity index (χ3n) is 4.58. The lowest BCUT2D eigenvalue weighted by atomic mass is 10.1. The Morgan fingerprint density at radius 2 is 1.55 bits per heavy atom. The molecule has 5 nitrogen and oxygen atoms in total. The number of nitrogens with one attached hydrogen (secondary N) is 1. The summed E-state index contributed by atoms with van der Waals surface area (Å²) in [6.07, 6.45) is 0. The Kier molecular flexibility index (Phi) is 7.93. The number of carbonyl (C=O) groups excluding carboxylic acids is 2. The van der Waals surface area contributed by atoms with Crippen LogP contribution in [-0.4, -0.2) is 29.8 Å². The largest absolute Gasteiger partial charge is 0.489 e. The van der Waals surface area contributed by atoms with Crippen molar-refractivity contribution in [1.29, 1.82) is 0 Å². The van der Waals surface area contributed by atoms with Gasteiger partial charge in [-0.3, -0.25) is 9.59 Å². The van der Waals surface area contributed by atoms with Crippen LogP contribution < -0.4 is 10.1 Å². The molecule has 0 aliphatic carbocycles. The maximum absolute atomic E-state index is 12.9. The Hall–Kier alpha value is -3.02. The van der Waals surface area contributed by atoms with E-state index in [4.69, 9.17) is 27.9 Å². The van der Waals surface area contributed by atoms with E-state index in [-0.39, 0.29) is 18.4 Å². The fourth-order valence-corrected chi connectivity index (χ4v) is 3.40. The van der Waals surface area contributed by atoms with E-state index in [1.807, 2.05) is 49.4 Å². The van der Waals surface area contributed by atoms with E-state index >= 15 is 0 Å². The van der Waals surface area contributed by atoms with Gasteiger partial charge in [-0.05, 0) is 48.9 Å². The van der Waals surface area contributed by atoms with E-state index in [9.17, 15) is 9.59 Å². The molecule has 0 spiro atoms. The third-order valence-corrected chi connectivity index (χ3v) is 5.21. The van der Waals surface area contributed by atoms with E-state index in [0.717, 1.165) is 11.3 Å². The molecule has 0 radical (unpaired) electrons. The number of carbonyl (C=O) groups is 2. The molecular formula is C24H22Cl2N2O3. The highest BCUT2D eigenvalue weighted by atomic mass is 35.5. The van der Waals surface area contributed by atoms with Crippen LogP contribution in [0.15, 0.2) is 72.8 Å². The van der Waals surface area contributed by atoms with Gasteiger partial charge in [0.15, 0.2) is 0 Å². The number of para-hydroxylation sites is 2. The molecule has 3 aromatic rings. The number of anilines is 1. The molecular weight excluding hydrogens is 435 g/mol. The topological polar surface area (TPSA) is 58.6 Å². The summed E-state index contributed by atoms with van der Waals surface area (Å²) in [5.74, 6) is 0.168. The first-order chi connectivity index (χ1) is 15.0. The van der Waals surface area contributed by atoms with Gasteiger partial charge in [-0.2, -0.15) is 0 Å². The molecule has 3 aromatic carbocycles. The van der Waals surface area contributed by atoms with E-state index in [1.165, 1.54) is 4.90 Å². The summed E-state index contributed by atoms with van der Waals surface area (Å²) in [5.41, 5.74) is 1.77. The molecule has 1 N–H and O–H groups in total. The first kappa shape index (κ1) is 22.7. The second kappa shape index (κ2) is 10.8. The lowest BCUT2D eigenvalue weighted by molar-refractivity contribution is -0.116.